The quantitative estimate of drug-likeness (QED) is 0.313. The maximum atomic E-state index is 15.4. The number of para-hydroxylation sites is 1. The fraction of sp³-hybridized carbons (Fsp3) is 0.412. The fourth-order valence-electron chi connectivity index (χ4n) is 7.71. The molecule has 5 unspecified atom stereocenters. The van der Waals surface area contributed by atoms with E-state index >= 15 is 8.42 Å². The summed E-state index contributed by atoms with van der Waals surface area (Å²) >= 11 is 0. The molecule has 2 N–H and O–H groups in total. The van der Waals surface area contributed by atoms with Gasteiger partial charge >= 0.3 is 10.0 Å². The molecule has 4 heterocycles. The van der Waals surface area contributed by atoms with Crippen LogP contribution < -0.4 is 30.0 Å². The number of hydrogen-bond donors (Lipinski definition) is 2. The molecule has 49 heavy (non-hydrogen) atoms. The molecular formula is C34H38N6O8S. The van der Waals surface area contributed by atoms with Crippen molar-refractivity contribution < 1.29 is 41.2 Å². The Labute approximate surface area is 284 Å². The molecule has 15 heteroatoms. The number of piperazine rings is 1. The average molecular weight is 691 g/mol. The number of carbonyl (C=O) groups is 2. The molecule has 0 saturated carbocycles. The van der Waals surface area contributed by atoms with E-state index in [1.165, 1.54) is 38.6 Å². The number of methoxy groups -OCH3 is 2. The number of fused-ring (bicyclic) bond motifs is 1. The second kappa shape index (κ2) is 13.6. The van der Waals surface area contributed by atoms with E-state index in [9.17, 15) is 20.0 Å². The van der Waals surface area contributed by atoms with Gasteiger partial charge in [0.25, 0.3) is 6.09 Å². The van der Waals surface area contributed by atoms with E-state index in [0.717, 1.165) is 0 Å². The molecule has 5 atom stereocenters. The van der Waals surface area contributed by atoms with Crippen LogP contribution in [0.25, 0.3) is 0 Å². The highest BCUT2D eigenvalue weighted by Gasteiger charge is 2.67. The van der Waals surface area contributed by atoms with Crippen LogP contribution in [0.5, 0.6) is 17.4 Å². The summed E-state index contributed by atoms with van der Waals surface area (Å²) in [4.78, 5) is 34.1. The number of amides is 2. The molecule has 2 fully saturated rings. The van der Waals surface area contributed by atoms with Crippen LogP contribution in [-0.2, 0) is 14.8 Å². The number of nitrogens with zero attached hydrogens (tertiary/aromatic N) is 4. The number of anilines is 1. The monoisotopic (exact) mass is 690 g/mol. The first kappa shape index (κ1) is 34.1. The lowest BCUT2D eigenvalue weighted by molar-refractivity contribution is -0.800. The van der Waals surface area contributed by atoms with Crippen molar-refractivity contribution in [3.05, 3.63) is 71.9 Å². The number of ether oxygens (including phenoxy) is 3. The van der Waals surface area contributed by atoms with Crippen LogP contribution in [0.3, 0.4) is 0 Å². The van der Waals surface area contributed by atoms with Crippen molar-refractivity contribution in [2.24, 2.45) is 0 Å². The number of nitrogens with one attached hydrogen (secondary N) is 2. The van der Waals surface area contributed by atoms with Gasteiger partial charge in [0.15, 0.2) is 4.90 Å². The lowest BCUT2D eigenvalue weighted by atomic mass is 9.79. The molecule has 2 aromatic carbocycles. The Morgan fingerprint density at radius 3 is 2.51 bits per heavy atom. The second-order valence-electron chi connectivity index (χ2n) is 12.1. The van der Waals surface area contributed by atoms with Crippen molar-refractivity contribution in [3.8, 4) is 23.4 Å². The molecule has 14 nitrogen and oxygen atoms in total. The van der Waals surface area contributed by atoms with Crippen molar-refractivity contribution >= 4 is 27.7 Å². The Kier molecular flexibility index (Phi) is 9.50. The predicted molar refractivity (Wildman–Crippen MR) is 174 cm³/mol. The number of sulfonamides is 1. The van der Waals surface area contributed by atoms with E-state index in [4.69, 9.17) is 14.2 Å². The molecule has 0 radical (unpaired) electrons. The van der Waals surface area contributed by atoms with Crippen LogP contribution in [0.2, 0.25) is 0 Å². The normalized spacial score (nSPS) is 25.9. The number of quaternary nitrogens is 1. The Morgan fingerprint density at radius 2 is 1.84 bits per heavy atom. The summed E-state index contributed by atoms with van der Waals surface area (Å²) in [6.07, 6.45) is 0.699. The Morgan fingerprint density at radius 1 is 1.10 bits per heavy atom. The first-order valence-electron chi connectivity index (χ1n) is 16.1. The van der Waals surface area contributed by atoms with Gasteiger partial charge in [-0.2, -0.15) is 17.6 Å². The van der Waals surface area contributed by atoms with Crippen LogP contribution in [0.4, 0.5) is 10.5 Å². The van der Waals surface area contributed by atoms with Crippen molar-refractivity contribution in [1.82, 2.24) is 15.2 Å². The number of piperidine rings is 1. The Bertz CT molecular complexity index is 1900. The minimum atomic E-state index is -5.10. The van der Waals surface area contributed by atoms with Crippen molar-refractivity contribution in [2.75, 3.05) is 45.8 Å². The first-order chi connectivity index (χ1) is 23.6. The molecule has 2 saturated heterocycles. The van der Waals surface area contributed by atoms with E-state index < -0.39 is 61.4 Å². The maximum absolute atomic E-state index is 15.4. The predicted octanol–water partition coefficient (Wildman–Crippen LogP) is 2.15. The summed E-state index contributed by atoms with van der Waals surface area (Å²) in [6, 6.07) is 12.0. The summed E-state index contributed by atoms with van der Waals surface area (Å²) in [5.74, 6) is -1.66. The third-order valence-electron chi connectivity index (χ3n) is 9.77. The molecule has 0 aliphatic carbocycles. The van der Waals surface area contributed by atoms with Gasteiger partial charge in [0, 0.05) is 29.6 Å². The number of hydrogen-bond acceptors (Lipinski definition) is 12. The van der Waals surface area contributed by atoms with Crippen LogP contribution in [-0.4, -0.2) is 92.8 Å². The zero-order valence-corrected chi connectivity index (χ0v) is 28.2. The topological polar surface area (TPSA) is 183 Å². The van der Waals surface area contributed by atoms with Gasteiger partial charge in [-0.05, 0) is 62.7 Å². The fourth-order valence-corrected chi connectivity index (χ4v) is 9.79. The Balaban J connectivity index is 1.73. The number of benzene rings is 2. The van der Waals surface area contributed by atoms with E-state index in [-0.39, 0.29) is 30.0 Å². The first-order valence-corrected chi connectivity index (χ1v) is 17.5. The van der Waals surface area contributed by atoms with Gasteiger partial charge < -0.3 is 34.7 Å². The van der Waals surface area contributed by atoms with Gasteiger partial charge in [-0.25, -0.2) is 4.98 Å². The summed E-state index contributed by atoms with van der Waals surface area (Å²) in [7, 11) is -2.44. The van der Waals surface area contributed by atoms with Crippen molar-refractivity contribution in [1.29, 1.82) is 5.26 Å². The third-order valence-corrected chi connectivity index (χ3v) is 12.1. The zero-order chi connectivity index (χ0) is 34.9. The summed E-state index contributed by atoms with van der Waals surface area (Å²) < 4.78 is 45.7. The summed E-state index contributed by atoms with van der Waals surface area (Å²) in [5.41, 5.74) is 1.20. The minimum Gasteiger partial charge on any atom is -0.497 e. The van der Waals surface area contributed by atoms with Crippen molar-refractivity contribution in [2.45, 2.75) is 54.7 Å². The number of carboxylic acid groups (broad SMARTS) is 1. The highest BCUT2D eigenvalue weighted by molar-refractivity contribution is 7.86. The minimum absolute atomic E-state index is 0.139. The van der Waals surface area contributed by atoms with E-state index in [0.29, 0.717) is 42.7 Å². The van der Waals surface area contributed by atoms with Crippen molar-refractivity contribution in [3.63, 3.8) is 0 Å². The summed E-state index contributed by atoms with van der Waals surface area (Å²) in [5, 5.41) is 31.0. The van der Waals surface area contributed by atoms with Crippen LogP contribution in [0.1, 0.15) is 42.9 Å². The van der Waals surface area contributed by atoms with Gasteiger partial charge in [-0.15, -0.1) is 0 Å². The second-order valence-corrected chi connectivity index (χ2v) is 14.2. The molecule has 0 bridgehead atoms. The molecule has 3 aliphatic rings. The maximum Gasteiger partial charge on any atom is 0.337 e. The van der Waals surface area contributed by atoms with Gasteiger partial charge in [0.2, 0.25) is 11.8 Å². The lowest BCUT2D eigenvalue weighted by Gasteiger charge is -2.57. The molecule has 1 aromatic heterocycles. The number of rotatable bonds is 9. The average Bonchev–Trinajstić information content (AvgIpc) is 3.45. The summed E-state index contributed by atoms with van der Waals surface area (Å²) in [6.45, 7) is 2.47. The molecular weight excluding hydrogens is 652 g/mol. The number of carbonyl (C=O) groups excluding carboxylic acids is 2. The SMILES string of the molecule is CCOc1ncccc1C1C(C2C(=O)Nc3ccccc32)[N+](C(=O)[O-])(S(=O)(=O)c2ccc(OC)cc2OC)CC(C#N)N1C1CCNCC1. The van der Waals surface area contributed by atoms with Gasteiger partial charge in [0.1, 0.15) is 36.0 Å². The van der Waals surface area contributed by atoms with Crippen LogP contribution in [0, 0.1) is 11.3 Å². The van der Waals surface area contributed by atoms with Crippen LogP contribution >= 0.6 is 0 Å². The van der Waals surface area contributed by atoms with Crippen LogP contribution in [0.15, 0.2) is 65.7 Å². The lowest BCUT2D eigenvalue weighted by Crippen LogP contribution is -2.78. The standard InChI is InChI=1S/C34H38N6O8S/c1-4-48-33-25(9-7-15-37-33)30-31(29-24-8-5-6-10-26(24)38-32(29)41)40(34(42)43,20-22(19-35)39(30)21-13-16-36-17-14-21)49(44,45)28-12-11-23(46-2)18-27(28)47-3/h5-12,15,18,21-22,29-31,36H,4,13-14,16-17,20H2,1-3H3,(H-,38,41,42,43). The molecule has 0 spiro atoms. The zero-order valence-electron chi connectivity index (χ0n) is 27.4. The highest BCUT2D eigenvalue weighted by atomic mass is 32.2. The van der Waals surface area contributed by atoms with Gasteiger partial charge in [0.05, 0.1) is 32.9 Å². The highest BCUT2D eigenvalue weighted by Crippen LogP contribution is 2.53. The molecule has 2 amide bonds. The third kappa shape index (κ3) is 5.54. The molecule has 3 aliphatic heterocycles. The van der Waals surface area contributed by atoms with Gasteiger partial charge in [-0.3, -0.25) is 9.69 Å². The molecule has 3 aromatic rings. The largest absolute Gasteiger partial charge is 0.497 e. The number of pyridine rings is 1. The smallest absolute Gasteiger partial charge is 0.337 e. The number of aromatic nitrogens is 1. The number of nitriles is 1. The molecule has 258 valence electrons. The van der Waals surface area contributed by atoms with E-state index in [1.807, 2.05) is 4.90 Å². The van der Waals surface area contributed by atoms with E-state index in [1.54, 1.807) is 43.3 Å². The molecule has 6 rings (SSSR count). The Hall–Kier alpha value is -4.75. The van der Waals surface area contributed by atoms with Gasteiger partial charge in [-0.1, -0.05) is 24.3 Å². The van der Waals surface area contributed by atoms with E-state index in [2.05, 4.69) is 21.7 Å².